The molecule has 0 fully saturated rings. The molecule has 2 nitrogen and oxygen atoms in total. The molecule has 5 heteroatoms. The highest BCUT2D eigenvalue weighted by Crippen LogP contribution is 2.15. The van der Waals surface area contributed by atoms with Crippen molar-refractivity contribution < 1.29 is 0 Å². The maximum atomic E-state index is 8.19. The lowest BCUT2D eigenvalue weighted by atomic mass is 10.0. The molecule has 0 amide bonds. The van der Waals surface area contributed by atoms with Crippen molar-refractivity contribution in [3.05, 3.63) is 69.7 Å². The van der Waals surface area contributed by atoms with E-state index in [0.717, 1.165) is 11.1 Å². The van der Waals surface area contributed by atoms with Crippen molar-refractivity contribution in [1.29, 1.82) is 5.41 Å². The molecule has 0 unspecified atom stereocenters. The van der Waals surface area contributed by atoms with Crippen LogP contribution in [-0.4, -0.2) is 11.4 Å². The van der Waals surface area contributed by atoms with Crippen LogP contribution in [0.5, 0.6) is 0 Å². The molecule has 0 saturated heterocycles. The Morgan fingerprint density at radius 1 is 0.842 bits per heavy atom. The summed E-state index contributed by atoms with van der Waals surface area (Å²) in [6, 6.07) is 14.2. The van der Waals surface area contributed by atoms with Gasteiger partial charge < -0.3 is 0 Å². The zero-order chi connectivity index (χ0) is 13.8. The van der Waals surface area contributed by atoms with Crippen LogP contribution in [0.1, 0.15) is 11.1 Å². The summed E-state index contributed by atoms with van der Waals surface area (Å²) < 4.78 is 3.90. The molecule has 0 bridgehead atoms. The quantitative estimate of drug-likeness (QED) is 0.609. The van der Waals surface area contributed by atoms with Crippen molar-refractivity contribution in [3.63, 3.8) is 0 Å². The van der Waals surface area contributed by atoms with Crippen LogP contribution in [0.2, 0.25) is 10.0 Å². The van der Waals surface area contributed by atoms with E-state index in [9.17, 15) is 0 Å². The Hall–Kier alpha value is -1.29. The van der Waals surface area contributed by atoms with Gasteiger partial charge >= 0.3 is 0 Å². The maximum absolute atomic E-state index is 8.19. The van der Waals surface area contributed by atoms with E-state index in [1.165, 1.54) is 0 Å². The minimum Gasteiger partial charge on any atom is -0.298 e. The Bertz CT molecular complexity index is 619. The van der Waals surface area contributed by atoms with Crippen molar-refractivity contribution in [2.45, 2.75) is 0 Å². The highest BCUT2D eigenvalue weighted by Gasteiger charge is 2.12. The lowest BCUT2D eigenvalue weighted by Crippen LogP contribution is -2.15. The molecule has 0 heterocycles. The Morgan fingerprint density at radius 2 is 1.26 bits per heavy atom. The lowest BCUT2D eigenvalue weighted by molar-refractivity contribution is 1.50. The van der Waals surface area contributed by atoms with E-state index in [1.807, 2.05) is 12.1 Å². The van der Waals surface area contributed by atoms with Gasteiger partial charge in [0.05, 0.1) is 5.71 Å². The predicted octanol–water partition coefficient (Wildman–Crippen LogP) is 4.70. The number of hydrogen-bond donors (Lipinski definition) is 2. The first-order valence-corrected chi connectivity index (χ1v) is 6.60. The van der Waals surface area contributed by atoms with Crippen molar-refractivity contribution >= 4 is 47.4 Å². The second-order valence-corrected chi connectivity index (χ2v) is 4.91. The Labute approximate surface area is 127 Å². The average molecular weight is 309 g/mol. The zero-order valence-corrected chi connectivity index (χ0v) is 12.2. The lowest BCUT2D eigenvalue weighted by Gasteiger charge is -2.08. The predicted molar refractivity (Wildman–Crippen MR) is 85.3 cm³/mol. The maximum Gasteiger partial charge on any atom is 0.104 e. The monoisotopic (exact) mass is 308 g/mol. The van der Waals surface area contributed by atoms with Crippen molar-refractivity contribution in [3.8, 4) is 0 Å². The molecule has 0 saturated carbocycles. The second kappa shape index (κ2) is 6.24. The SMILES string of the molecule is N=C(/C(=N\S)c1ccc(Cl)cc1)c1ccc(Cl)cc1. The van der Waals surface area contributed by atoms with Gasteiger partial charge in [-0.1, -0.05) is 47.5 Å². The largest absolute Gasteiger partial charge is 0.298 e. The molecule has 2 aromatic carbocycles. The fourth-order valence-corrected chi connectivity index (χ4v) is 2.08. The summed E-state index contributed by atoms with van der Waals surface area (Å²) in [4.78, 5) is 0. The topological polar surface area (TPSA) is 36.2 Å². The van der Waals surface area contributed by atoms with E-state index in [1.54, 1.807) is 36.4 Å². The molecule has 1 N–H and O–H groups in total. The van der Waals surface area contributed by atoms with Crippen LogP contribution in [0.3, 0.4) is 0 Å². The molecule has 0 atom stereocenters. The van der Waals surface area contributed by atoms with Gasteiger partial charge in [-0.3, -0.25) is 5.41 Å². The molecule has 0 aliphatic heterocycles. The van der Waals surface area contributed by atoms with Gasteiger partial charge in [-0.05, 0) is 37.1 Å². The van der Waals surface area contributed by atoms with Gasteiger partial charge in [-0.25, -0.2) is 4.40 Å². The van der Waals surface area contributed by atoms with Gasteiger partial charge in [0, 0.05) is 21.2 Å². The van der Waals surface area contributed by atoms with Crippen LogP contribution in [0, 0.1) is 5.41 Å². The molecule has 2 rings (SSSR count). The molecule has 0 aliphatic carbocycles. The number of rotatable bonds is 3. The molecular formula is C14H10Cl2N2S. The molecule has 0 radical (unpaired) electrons. The van der Waals surface area contributed by atoms with Gasteiger partial charge in [-0.2, -0.15) is 0 Å². The van der Waals surface area contributed by atoms with E-state index in [-0.39, 0.29) is 5.71 Å². The molecule has 0 spiro atoms. The smallest absolute Gasteiger partial charge is 0.104 e. The van der Waals surface area contributed by atoms with Crippen LogP contribution >= 0.6 is 36.0 Å². The third-order valence-electron chi connectivity index (χ3n) is 2.59. The van der Waals surface area contributed by atoms with Gasteiger partial charge in [-0.15, -0.1) is 0 Å². The van der Waals surface area contributed by atoms with Crippen LogP contribution in [0.4, 0.5) is 0 Å². The fourth-order valence-electron chi connectivity index (χ4n) is 1.61. The van der Waals surface area contributed by atoms with Crippen LogP contribution in [-0.2, 0) is 0 Å². The van der Waals surface area contributed by atoms with E-state index >= 15 is 0 Å². The molecule has 0 aromatic heterocycles. The summed E-state index contributed by atoms with van der Waals surface area (Å²) in [6.45, 7) is 0. The number of hydrogen-bond acceptors (Lipinski definition) is 3. The first-order valence-electron chi connectivity index (χ1n) is 5.44. The third-order valence-corrected chi connectivity index (χ3v) is 3.29. The first kappa shape index (κ1) is 14.1. The normalized spacial score (nSPS) is 11.4. The minimum atomic E-state index is 0.286. The summed E-state index contributed by atoms with van der Waals surface area (Å²) in [5.41, 5.74) is 2.29. The number of nitrogens with zero attached hydrogens (tertiary/aromatic N) is 1. The number of halogens is 2. The summed E-state index contributed by atoms with van der Waals surface area (Å²) in [7, 11) is 0. The van der Waals surface area contributed by atoms with Crippen molar-refractivity contribution in [1.82, 2.24) is 0 Å². The third kappa shape index (κ3) is 3.38. The van der Waals surface area contributed by atoms with Gasteiger partial charge in [0.1, 0.15) is 5.71 Å². The number of thiol groups is 1. The number of nitrogens with one attached hydrogen (secondary N) is 1. The Balaban J connectivity index is 2.35. The molecule has 2 aromatic rings. The Kier molecular flexibility index (Phi) is 4.64. The summed E-state index contributed by atoms with van der Waals surface area (Å²) >= 11 is 15.6. The minimum absolute atomic E-state index is 0.286. The van der Waals surface area contributed by atoms with Gasteiger partial charge in [0.2, 0.25) is 0 Å². The second-order valence-electron chi connectivity index (χ2n) is 3.84. The molecular weight excluding hydrogens is 299 g/mol. The van der Waals surface area contributed by atoms with Crippen LogP contribution in [0.15, 0.2) is 52.9 Å². The van der Waals surface area contributed by atoms with E-state index in [4.69, 9.17) is 28.6 Å². The fraction of sp³-hybridized carbons (Fsp3) is 0. The van der Waals surface area contributed by atoms with Gasteiger partial charge in [0.15, 0.2) is 0 Å². The van der Waals surface area contributed by atoms with Crippen molar-refractivity contribution in [2.75, 3.05) is 0 Å². The standard InChI is InChI=1S/C14H10Cl2N2S/c15-11-5-1-9(2-6-11)13(17)14(18-19)10-3-7-12(16)8-4-10/h1-8,17,19H/b17-13?,18-14-. The summed E-state index contributed by atoms with van der Waals surface area (Å²) in [5, 5.41) is 9.46. The highest BCUT2D eigenvalue weighted by molar-refractivity contribution is 7.79. The molecule has 96 valence electrons. The van der Waals surface area contributed by atoms with Crippen LogP contribution in [0.25, 0.3) is 0 Å². The highest BCUT2D eigenvalue weighted by atomic mass is 35.5. The van der Waals surface area contributed by atoms with Crippen LogP contribution < -0.4 is 0 Å². The Morgan fingerprint density at radius 3 is 1.68 bits per heavy atom. The molecule has 0 aliphatic rings. The van der Waals surface area contributed by atoms with Gasteiger partial charge in [0.25, 0.3) is 0 Å². The average Bonchev–Trinajstić information content (AvgIpc) is 2.42. The summed E-state index contributed by atoms with van der Waals surface area (Å²) in [5.74, 6) is 0. The molecule has 19 heavy (non-hydrogen) atoms. The van der Waals surface area contributed by atoms with E-state index < -0.39 is 0 Å². The van der Waals surface area contributed by atoms with E-state index in [0.29, 0.717) is 15.8 Å². The number of benzene rings is 2. The summed E-state index contributed by atoms with van der Waals surface area (Å²) in [6.07, 6.45) is 0. The van der Waals surface area contributed by atoms with E-state index in [2.05, 4.69) is 17.2 Å². The first-order chi connectivity index (χ1) is 9.11. The van der Waals surface area contributed by atoms with Crippen molar-refractivity contribution in [2.24, 2.45) is 4.40 Å². The zero-order valence-electron chi connectivity index (χ0n) is 9.77.